The van der Waals surface area contributed by atoms with Gasteiger partial charge in [-0.05, 0) is 84.7 Å². The Kier molecular flexibility index (Phi) is 11.0. The van der Waals surface area contributed by atoms with E-state index in [9.17, 15) is 10.5 Å². The highest BCUT2D eigenvalue weighted by atomic mass is 16.5. The SMILES string of the molecule is CCCCCCn1c2ccccc2c2cc(/C=C/C3=CC(=C(C#N)C#N)C=C(/C=C/c4ccc5c(c4)c4ccccc4n5CCCCCC)O3)ccc21. The van der Waals surface area contributed by atoms with E-state index in [4.69, 9.17) is 4.74 Å². The van der Waals surface area contributed by atoms with Crippen molar-refractivity contribution in [2.24, 2.45) is 0 Å². The molecule has 7 rings (SSSR count). The van der Waals surface area contributed by atoms with E-state index in [1.165, 1.54) is 95.0 Å². The first kappa shape index (κ1) is 35.4. The highest BCUT2D eigenvalue weighted by Gasteiger charge is 2.14. The lowest BCUT2D eigenvalue weighted by atomic mass is 10.0. The van der Waals surface area contributed by atoms with Crippen molar-refractivity contribution in [3.8, 4) is 12.1 Å². The standard InChI is InChI=1S/C48H46N4O/c1-3-5-7-13-27-51-45-17-11-9-15-41(45)43-29-35(21-25-47(43)51)19-23-39-31-37(38(33-49)34-50)32-40(53-39)24-20-36-22-26-48-44(30-36)42-16-10-12-18-46(42)52(48)28-14-8-6-4-2/h9-12,15-26,29-32H,3-8,13-14,27-28H2,1-2H3/b23-19+,24-20+. The first-order valence-corrected chi connectivity index (χ1v) is 19.2. The number of hydrogen-bond acceptors (Lipinski definition) is 3. The van der Waals surface area contributed by atoms with Gasteiger partial charge in [0.15, 0.2) is 0 Å². The summed E-state index contributed by atoms with van der Waals surface area (Å²) in [7, 11) is 0. The van der Waals surface area contributed by atoms with Gasteiger partial charge in [-0.2, -0.15) is 10.5 Å². The number of hydrogen-bond donors (Lipinski definition) is 0. The van der Waals surface area contributed by atoms with Crippen molar-refractivity contribution in [2.45, 2.75) is 78.3 Å². The Morgan fingerprint density at radius 2 is 1.00 bits per heavy atom. The predicted molar refractivity (Wildman–Crippen MR) is 221 cm³/mol. The van der Waals surface area contributed by atoms with E-state index in [0.29, 0.717) is 17.1 Å². The van der Waals surface area contributed by atoms with Gasteiger partial charge in [0.05, 0.1) is 0 Å². The van der Waals surface area contributed by atoms with E-state index in [1.807, 2.05) is 24.3 Å². The minimum atomic E-state index is 0.0476. The lowest BCUT2D eigenvalue weighted by molar-refractivity contribution is 0.332. The first-order valence-electron chi connectivity index (χ1n) is 19.2. The van der Waals surface area contributed by atoms with Crippen molar-refractivity contribution >= 4 is 55.8 Å². The molecule has 0 amide bonds. The maximum absolute atomic E-state index is 9.74. The van der Waals surface area contributed by atoms with Crippen LogP contribution < -0.4 is 0 Å². The normalized spacial score (nSPS) is 13.2. The van der Waals surface area contributed by atoms with Crippen molar-refractivity contribution < 1.29 is 4.74 Å². The number of unbranched alkanes of at least 4 members (excludes halogenated alkanes) is 6. The van der Waals surface area contributed by atoms with E-state index < -0.39 is 0 Å². The number of benzene rings is 4. The number of nitrogens with zero attached hydrogens (tertiary/aromatic N) is 4. The molecule has 53 heavy (non-hydrogen) atoms. The van der Waals surface area contributed by atoms with Gasteiger partial charge in [0.1, 0.15) is 29.2 Å². The molecule has 0 aliphatic carbocycles. The molecule has 1 aliphatic heterocycles. The molecule has 0 N–H and O–H groups in total. The lowest BCUT2D eigenvalue weighted by Gasteiger charge is -2.14. The second-order valence-electron chi connectivity index (χ2n) is 13.9. The van der Waals surface area contributed by atoms with Crippen molar-refractivity contribution in [3.63, 3.8) is 0 Å². The van der Waals surface area contributed by atoms with E-state index in [-0.39, 0.29) is 5.57 Å². The van der Waals surface area contributed by atoms with E-state index in [2.05, 4.69) is 120 Å². The van der Waals surface area contributed by atoms with Crippen LogP contribution in [0, 0.1) is 22.7 Å². The Morgan fingerprint density at radius 1 is 0.547 bits per heavy atom. The Bertz CT molecular complexity index is 2360. The number of aryl methyl sites for hydroxylation is 2. The van der Waals surface area contributed by atoms with Crippen LogP contribution in [0.15, 0.2) is 132 Å². The molecular formula is C48H46N4O. The topological polar surface area (TPSA) is 66.7 Å². The highest BCUT2D eigenvalue weighted by molar-refractivity contribution is 6.09. The molecule has 0 saturated carbocycles. The summed E-state index contributed by atoms with van der Waals surface area (Å²) in [5.41, 5.74) is 7.70. The molecule has 5 heteroatoms. The molecule has 0 radical (unpaired) electrons. The summed E-state index contributed by atoms with van der Waals surface area (Å²) in [6.07, 6.45) is 21.2. The summed E-state index contributed by atoms with van der Waals surface area (Å²) < 4.78 is 11.2. The molecule has 264 valence electrons. The molecule has 0 atom stereocenters. The van der Waals surface area contributed by atoms with Gasteiger partial charge in [0.25, 0.3) is 0 Å². The average molecular weight is 695 g/mol. The third-order valence-electron chi connectivity index (χ3n) is 10.3. The number of nitriles is 2. The average Bonchev–Trinajstić information content (AvgIpc) is 3.68. The molecule has 0 bridgehead atoms. The van der Waals surface area contributed by atoms with E-state index in [0.717, 1.165) is 24.2 Å². The fourth-order valence-corrected chi connectivity index (χ4v) is 7.59. The van der Waals surface area contributed by atoms with Crippen molar-refractivity contribution in [2.75, 3.05) is 0 Å². The van der Waals surface area contributed by atoms with Crippen LogP contribution in [0.5, 0.6) is 0 Å². The molecule has 2 aromatic heterocycles. The largest absolute Gasteiger partial charge is 0.457 e. The van der Waals surface area contributed by atoms with Crippen LogP contribution in [-0.2, 0) is 17.8 Å². The Balaban J connectivity index is 1.15. The van der Waals surface area contributed by atoms with Gasteiger partial charge in [-0.1, -0.05) is 113 Å². The Hall–Kier alpha value is -6.04. The molecule has 5 nitrogen and oxygen atoms in total. The molecule has 0 saturated heterocycles. The summed E-state index contributed by atoms with van der Waals surface area (Å²) in [6.45, 7) is 6.51. The third kappa shape index (κ3) is 7.62. The number of para-hydroxylation sites is 2. The zero-order valence-corrected chi connectivity index (χ0v) is 30.8. The predicted octanol–water partition coefficient (Wildman–Crippen LogP) is 12.9. The number of allylic oxidation sites excluding steroid dienone is 6. The Labute approximate surface area is 312 Å². The molecule has 0 spiro atoms. The fourth-order valence-electron chi connectivity index (χ4n) is 7.59. The first-order chi connectivity index (χ1) is 26.1. The monoisotopic (exact) mass is 694 g/mol. The van der Waals surface area contributed by atoms with Gasteiger partial charge < -0.3 is 13.9 Å². The van der Waals surface area contributed by atoms with Crippen LogP contribution in [0.3, 0.4) is 0 Å². The van der Waals surface area contributed by atoms with Gasteiger partial charge in [-0.25, -0.2) is 0 Å². The maximum atomic E-state index is 9.74. The molecule has 3 heterocycles. The summed E-state index contributed by atoms with van der Waals surface area (Å²) in [5.74, 6) is 1.12. The smallest absolute Gasteiger partial charge is 0.137 e. The van der Waals surface area contributed by atoms with Gasteiger partial charge in [0.2, 0.25) is 0 Å². The van der Waals surface area contributed by atoms with Crippen LogP contribution in [0.2, 0.25) is 0 Å². The molecule has 0 unspecified atom stereocenters. The van der Waals surface area contributed by atoms with E-state index in [1.54, 1.807) is 12.2 Å². The van der Waals surface area contributed by atoms with Crippen LogP contribution in [-0.4, -0.2) is 9.13 Å². The zero-order valence-electron chi connectivity index (χ0n) is 30.8. The van der Waals surface area contributed by atoms with Crippen LogP contribution in [0.4, 0.5) is 0 Å². The van der Waals surface area contributed by atoms with Crippen LogP contribution >= 0.6 is 0 Å². The second-order valence-corrected chi connectivity index (χ2v) is 13.9. The fraction of sp³-hybridized carbons (Fsp3) is 0.250. The molecule has 1 aliphatic rings. The lowest BCUT2D eigenvalue weighted by Crippen LogP contribution is -1.98. The minimum Gasteiger partial charge on any atom is -0.457 e. The van der Waals surface area contributed by atoms with Crippen LogP contribution in [0.1, 0.15) is 76.3 Å². The van der Waals surface area contributed by atoms with Gasteiger partial charge >= 0.3 is 0 Å². The Morgan fingerprint density at radius 3 is 1.45 bits per heavy atom. The van der Waals surface area contributed by atoms with Gasteiger partial charge in [0, 0.05) is 62.3 Å². The second kappa shape index (κ2) is 16.5. The minimum absolute atomic E-state index is 0.0476. The number of rotatable bonds is 14. The molecular weight excluding hydrogens is 649 g/mol. The van der Waals surface area contributed by atoms with Gasteiger partial charge in [-0.3, -0.25) is 0 Å². The summed E-state index contributed by atoms with van der Waals surface area (Å²) in [5, 5.41) is 24.4. The summed E-state index contributed by atoms with van der Waals surface area (Å²) >= 11 is 0. The third-order valence-corrected chi connectivity index (χ3v) is 10.3. The molecule has 4 aromatic carbocycles. The van der Waals surface area contributed by atoms with Crippen molar-refractivity contribution in [1.29, 1.82) is 10.5 Å². The van der Waals surface area contributed by atoms with Gasteiger partial charge in [-0.15, -0.1) is 0 Å². The van der Waals surface area contributed by atoms with Crippen LogP contribution in [0.25, 0.3) is 55.8 Å². The number of aromatic nitrogens is 2. The highest BCUT2D eigenvalue weighted by Crippen LogP contribution is 2.33. The number of fused-ring (bicyclic) bond motifs is 6. The van der Waals surface area contributed by atoms with E-state index >= 15 is 0 Å². The molecule has 0 fully saturated rings. The zero-order chi connectivity index (χ0) is 36.6. The summed E-state index contributed by atoms with van der Waals surface area (Å²) in [4.78, 5) is 0. The maximum Gasteiger partial charge on any atom is 0.137 e. The number of ether oxygens (including phenoxy) is 1. The van der Waals surface area contributed by atoms with Crippen molar-refractivity contribution in [1.82, 2.24) is 9.13 Å². The molecule has 6 aromatic rings. The van der Waals surface area contributed by atoms with Crippen molar-refractivity contribution in [3.05, 3.63) is 143 Å². The summed E-state index contributed by atoms with van der Waals surface area (Å²) in [6, 6.07) is 34.6. The quantitative estimate of drug-likeness (QED) is 0.0842.